The third-order valence-electron chi connectivity index (χ3n) is 4.85. The molecule has 2 N–H and O–H groups in total. The first-order chi connectivity index (χ1) is 14.4. The largest absolute Gasteiger partial charge is 0.465 e. The van der Waals surface area contributed by atoms with E-state index < -0.39 is 11.5 Å². The quantitative estimate of drug-likeness (QED) is 0.296. The Labute approximate surface area is 189 Å². The van der Waals surface area contributed by atoms with Crippen molar-refractivity contribution in [1.82, 2.24) is 10.6 Å². The second-order valence-electron chi connectivity index (χ2n) is 10.1. The summed E-state index contributed by atoms with van der Waals surface area (Å²) in [5, 5.41) is 5.83. The molecule has 7 nitrogen and oxygen atoms in total. The van der Waals surface area contributed by atoms with Crippen LogP contribution in [0.1, 0.15) is 87.0 Å². The zero-order valence-corrected chi connectivity index (χ0v) is 21.0. The maximum atomic E-state index is 12.4. The molecule has 0 heterocycles. The highest BCUT2D eigenvalue weighted by atomic mass is 16.5. The summed E-state index contributed by atoms with van der Waals surface area (Å²) in [4.78, 5) is 36.7. The van der Waals surface area contributed by atoms with Crippen LogP contribution >= 0.6 is 0 Å². The van der Waals surface area contributed by atoms with Gasteiger partial charge >= 0.3 is 11.9 Å². The van der Waals surface area contributed by atoms with Gasteiger partial charge in [0.15, 0.2) is 0 Å². The average Bonchev–Trinajstić information content (AvgIpc) is 2.65. The molecular formula is C24H46N2O5. The van der Waals surface area contributed by atoms with Crippen LogP contribution in [0.2, 0.25) is 0 Å². The number of rotatable bonds is 15. The van der Waals surface area contributed by atoms with E-state index in [0.717, 1.165) is 32.1 Å². The SMILES string of the molecule is CNC(CC(C)C)C(=O)OCCCCCCOC(=O)C(CC(C)C)NC(=O)C(C)(C)C. The Morgan fingerprint density at radius 1 is 0.742 bits per heavy atom. The van der Waals surface area contributed by atoms with E-state index >= 15 is 0 Å². The molecule has 0 aromatic carbocycles. The molecule has 0 fully saturated rings. The summed E-state index contributed by atoms with van der Waals surface area (Å²) in [6, 6.07) is -0.867. The van der Waals surface area contributed by atoms with Gasteiger partial charge in [-0.3, -0.25) is 9.59 Å². The summed E-state index contributed by atoms with van der Waals surface area (Å²) in [6.45, 7) is 14.4. The van der Waals surface area contributed by atoms with Crippen molar-refractivity contribution in [3.8, 4) is 0 Å². The Balaban J connectivity index is 4.12. The number of nitrogens with one attached hydrogen (secondary N) is 2. The standard InChI is InChI=1S/C24H46N2O5/c1-17(2)15-19(25-8)21(27)30-13-11-9-10-12-14-31-22(28)20(16-18(3)4)26-23(29)24(5,6)7/h17-20,25H,9-16H2,1-8H3,(H,26,29). The number of hydrogen-bond acceptors (Lipinski definition) is 6. The van der Waals surface area contributed by atoms with Crippen molar-refractivity contribution in [2.75, 3.05) is 20.3 Å². The Hall–Kier alpha value is -1.63. The molecule has 0 bridgehead atoms. The van der Waals surface area contributed by atoms with Crippen LogP contribution in [-0.4, -0.2) is 50.2 Å². The second-order valence-corrected chi connectivity index (χ2v) is 10.1. The molecule has 182 valence electrons. The molecule has 0 aliphatic carbocycles. The Morgan fingerprint density at radius 2 is 1.16 bits per heavy atom. The lowest BCUT2D eigenvalue weighted by atomic mass is 9.94. The summed E-state index contributed by atoms with van der Waals surface area (Å²) < 4.78 is 10.7. The fraction of sp³-hybridized carbons (Fsp3) is 0.875. The van der Waals surface area contributed by atoms with Gasteiger partial charge in [-0.15, -0.1) is 0 Å². The molecule has 0 saturated carbocycles. The van der Waals surface area contributed by atoms with Gasteiger partial charge in [0.25, 0.3) is 0 Å². The van der Waals surface area contributed by atoms with E-state index in [0.29, 0.717) is 25.6 Å². The van der Waals surface area contributed by atoms with Crippen LogP contribution in [-0.2, 0) is 23.9 Å². The van der Waals surface area contributed by atoms with Gasteiger partial charge in [0.2, 0.25) is 5.91 Å². The molecule has 2 atom stereocenters. The summed E-state index contributed by atoms with van der Waals surface area (Å²) in [7, 11) is 1.77. The molecule has 0 rings (SSSR count). The number of ether oxygens (including phenoxy) is 2. The fourth-order valence-corrected chi connectivity index (χ4v) is 2.97. The molecule has 31 heavy (non-hydrogen) atoms. The third kappa shape index (κ3) is 14.1. The van der Waals surface area contributed by atoms with Gasteiger partial charge in [-0.1, -0.05) is 48.5 Å². The number of unbranched alkanes of at least 4 members (excludes halogenated alkanes) is 3. The van der Waals surface area contributed by atoms with E-state index in [9.17, 15) is 14.4 Å². The normalized spacial score (nSPS) is 13.7. The zero-order valence-electron chi connectivity index (χ0n) is 21.0. The van der Waals surface area contributed by atoms with Gasteiger partial charge in [-0.2, -0.15) is 0 Å². The highest BCUT2D eigenvalue weighted by Gasteiger charge is 2.29. The van der Waals surface area contributed by atoms with Gasteiger partial charge in [-0.05, 0) is 57.4 Å². The first-order valence-corrected chi connectivity index (χ1v) is 11.7. The van der Waals surface area contributed by atoms with Gasteiger partial charge in [0.05, 0.1) is 13.2 Å². The number of esters is 2. The molecule has 2 unspecified atom stereocenters. The van der Waals surface area contributed by atoms with E-state index in [-0.39, 0.29) is 29.8 Å². The van der Waals surface area contributed by atoms with Crippen molar-refractivity contribution in [2.24, 2.45) is 17.3 Å². The zero-order chi connectivity index (χ0) is 24.0. The lowest BCUT2D eigenvalue weighted by Crippen LogP contribution is -2.47. The van der Waals surface area contributed by atoms with Gasteiger partial charge < -0.3 is 20.1 Å². The lowest BCUT2D eigenvalue weighted by Gasteiger charge is -2.24. The van der Waals surface area contributed by atoms with E-state index in [1.807, 2.05) is 34.6 Å². The minimum atomic E-state index is -0.614. The van der Waals surface area contributed by atoms with Gasteiger partial charge in [0.1, 0.15) is 12.1 Å². The maximum Gasteiger partial charge on any atom is 0.328 e. The van der Waals surface area contributed by atoms with Crippen molar-refractivity contribution in [3.05, 3.63) is 0 Å². The first-order valence-electron chi connectivity index (χ1n) is 11.7. The first kappa shape index (κ1) is 29.4. The molecule has 0 spiro atoms. The number of amides is 1. The molecule has 0 aromatic rings. The second kappa shape index (κ2) is 15.2. The Kier molecular flexibility index (Phi) is 14.4. The van der Waals surface area contributed by atoms with Crippen molar-refractivity contribution < 1.29 is 23.9 Å². The van der Waals surface area contributed by atoms with Crippen molar-refractivity contribution >= 4 is 17.8 Å². The molecule has 0 aliphatic heterocycles. The van der Waals surface area contributed by atoms with E-state index in [1.165, 1.54) is 0 Å². The summed E-state index contributed by atoms with van der Waals surface area (Å²) >= 11 is 0. The predicted molar refractivity (Wildman–Crippen MR) is 124 cm³/mol. The van der Waals surface area contributed by atoms with E-state index in [4.69, 9.17) is 9.47 Å². The number of hydrogen-bond donors (Lipinski definition) is 2. The van der Waals surface area contributed by atoms with E-state index in [1.54, 1.807) is 7.05 Å². The minimum Gasteiger partial charge on any atom is -0.465 e. The molecule has 0 aromatic heterocycles. The number of carbonyl (C=O) groups excluding carboxylic acids is 3. The van der Waals surface area contributed by atoms with E-state index in [2.05, 4.69) is 24.5 Å². The Morgan fingerprint density at radius 3 is 1.55 bits per heavy atom. The third-order valence-corrected chi connectivity index (χ3v) is 4.85. The van der Waals surface area contributed by atoms with Crippen molar-refractivity contribution in [1.29, 1.82) is 0 Å². The topological polar surface area (TPSA) is 93.7 Å². The number of carbonyl (C=O) groups is 3. The Bertz CT molecular complexity index is 541. The smallest absolute Gasteiger partial charge is 0.328 e. The van der Waals surface area contributed by atoms with Crippen LogP contribution in [0, 0.1) is 17.3 Å². The summed E-state index contributed by atoms with van der Waals surface area (Å²) in [5.74, 6) is -0.0288. The van der Waals surface area contributed by atoms with Gasteiger partial charge in [0, 0.05) is 5.41 Å². The molecule has 0 aliphatic rings. The van der Waals surface area contributed by atoms with Crippen LogP contribution in [0.15, 0.2) is 0 Å². The van der Waals surface area contributed by atoms with Crippen LogP contribution < -0.4 is 10.6 Å². The average molecular weight is 443 g/mol. The molecule has 0 saturated heterocycles. The lowest BCUT2D eigenvalue weighted by molar-refractivity contribution is -0.149. The highest BCUT2D eigenvalue weighted by molar-refractivity contribution is 5.87. The van der Waals surface area contributed by atoms with Crippen LogP contribution in [0.5, 0.6) is 0 Å². The fourth-order valence-electron chi connectivity index (χ4n) is 2.97. The van der Waals surface area contributed by atoms with Crippen molar-refractivity contribution in [3.63, 3.8) is 0 Å². The summed E-state index contributed by atoms with van der Waals surface area (Å²) in [6.07, 6.45) is 4.62. The molecule has 0 radical (unpaired) electrons. The summed E-state index contributed by atoms with van der Waals surface area (Å²) in [5.41, 5.74) is -0.555. The highest BCUT2D eigenvalue weighted by Crippen LogP contribution is 2.15. The number of likely N-dealkylation sites (N-methyl/N-ethyl adjacent to an activating group) is 1. The molecule has 7 heteroatoms. The van der Waals surface area contributed by atoms with Gasteiger partial charge in [-0.25, -0.2) is 4.79 Å². The molecule has 1 amide bonds. The monoisotopic (exact) mass is 442 g/mol. The van der Waals surface area contributed by atoms with Crippen LogP contribution in [0.4, 0.5) is 0 Å². The van der Waals surface area contributed by atoms with Crippen molar-refractivity contribution in [2.45, 2.75) is 99.1 Å². The van der Waals surface area contributed by atoms with Crippen LogP contribution in [0.3, 0.4) is 0 Å². The minimum absolute atomic E-state index is 0.154. The maximum absolute atomic E-state index is 12.4. The molecular weight excluding hydrogens is 396 g/mol. The van der Waals surface area contributed by atoms with Crippen LogP contribution in [0.25, 0.3) is 0 Å². The predicted octanol–water partition coefficient (Wildman–Crippen LogP) is 3.84.